The molecule has 0 unspecified atom stereocenters. The van der Waals surface area contributed by atoms with Gasteiger partial charge in [0.2, 0.25) is 0 Å². The zero-order valence-corrected chi connectivity index (χ0v) is 13.5. The maximum atomic E-state index is 4.65. The van der Waals surface area contributed by atoms with Crippen LogP contribution in [0.3, 0.4) is 0 Å². The van der Waals surface area contributed by atoms with Crippen molar-refractivity contribution in [1.29, 1.82) is 0 Å². The summed E-state index contributed by atoms with van der Waals surface area (Å²) in [5.41, 5.74) is 5.57. The number of anilines is 1. The van der Waals surface area contributed by atoms with E-state index in [0.717, 1.165) is 16.9 Å². The Morgan fingerprint density at radius 1 is 0.905 bits per heavy atom. The summed E-state index contributed by atoms with van der Waals surface area (Å²) in [6, 6.07) is 12.6. The van der Waals surface area contributed by atoms with Crippen molar-refractivity contribution in [3.05, 3.63) is 54.4 Å². The number of pyridine rings is 1. The fourth-order valence-electron chi connectivity index (χ4n) is 2.17. The van der Waals surface area contributed by atoms with E-state index in [1.807, 2.05) is 34.0 Å². The molecule has 0 amide bonds. The van der Waals surface area contributed by atoms with Gasteiger partial charge in [-0.05, 0) is 30.7 Å². The summed E-state index contributed by atoms with van der Waals surface area (Å²) in [7, 11) is 4.09. The van der Waals surface area contributed by atoms with Crippen molar-refractivity contribution in [2.24, 2.45) is 0 Å². The largest absolute Gasteiger partial charge is 0.378 e. The van der Waals surface area contributed by atoms with Crippen molar-refractivity contribution < 1.29 is 0 Å². The average Bonchev–Trinajstić information content (AvgIpc) is 2.92. The topological polar surface area (TPSA) is 20.5 Å². The first-order chi connectivity index (χ1) is 10.1. The van der Waals surface area contributed by atoms with Crippen LogP contribution in [0.15, 0.2) is 48.8 Å². The Morgan fingerprint density at radius 2 is 1.57 bits per heavy atom. The van der Waals surface area contributed by atoms with Gasteiger partial charge >= 0.3 is 0 Å². The highest BCUT2D eigenvalue weighted by Crippen LogP contribution is 2.22. The molecule has 3 heteroatoms. The van der Waals surface area contributed by atoms with Crippen LogP contribution in [0.25, 0.3) is 16.9 Å². The number of fused-ring (bicyclic) bond motifs is 1. The Morgan fingerprint density at radius 3 is 2.19 bits per heavy atom. The normalized spacial score (nSPS) is 10.1. The summed E-state index contributed by atoms with van der Waals surface area (Å²) in [4.78, 5) is 6.74. The third-order valence-electron chi connectivity index (χ3n) is 3.28. The molecule has 0 fully saturated rings. The van der Waals surface area contributed by atoms with Crippen molar-refractivity contribution >= 4 is 11.3 Å². The van der Waals surface area contributed by atoms with E-state index in [1.165, 1.54) is 11.3 Å². The van der Waals surface area contributed by atoms with Crippen molar-refractivity contribution in [2.45, 2.75) is 20.8 Å². The lowest BCUT2D eigenvalue weighted by Crippen LogP contribution is -2.07. The molecule has 0 spiro atoms. The molecule has 0 saturated heterocycles. The summed E-state index contributed by atoms with van der Waals surface area (Å²) in [6.07, 6.45) is 4.17. The van der Waals surface area contributed by atoms with E-state index in [4.69, 9.17) is 0 Å². The van der Waals surface area contributed by atoms with Crippen LogP contribution in [0.1, 0.15) is 19.4 Å². The Bertz CT molecular complexity index is 709. The molecule has 0 radical (unpaired) electrons. The van der Waals surface area contributed by atoms with Gasteiger partial charge in [0.1, 0.15) is 5.65 Å². The molecule has 3 aromatic rings. The second-order valence-electron chi connectivity index (χ2n) is 5.04. The minimum Gasteiger partial charge on any atom is -0.378 e. The maximum Gasteiger partial charge on any atom is 0.137 e. The zero-order valence-electron chi connectivity index (χ0n) is 13.5. The summed E-state index contributed by atoms with van der Waals surface area (Å²) < 4.78 is 2.07. The van der Waals surface area contributed by atoms with Crippen molar-refractivity contribution in [3.63, 3.8) is 0 Å². The van der Waals surface area contributed by atoms with E-state index in [0.29, 0.717) is 0 Å². The van der Waals surface area contributed by atoms with Crippen molar-refractivity contribution in [3.8, 4) is 11.3 Å². The minimum atomic E-state index is 0.984. The SMILES string of the molecule is CC.Cc1ccc2nc(-c3ccc(N(C)C)cc3)cn2c1. The standard InChI is InChI=1S/C16H17N3.C2H6/c1-12-4-9-16-17-15(11-19(16)10-12)13-5-7-14(8-6-13)18(2)3;1-2/h4-11H,1-3H3;1-2H3. The van der Waals surface area contributed by atoms with Crippen LogP contribution in [0.2, 0.25) is 0 Å². The van der Waals surface area contributed by atoms with Crippen molar-refractivity contribution in [2.75, 3.05) is 19.0 Å². The van der Waals surface area contributed by atoms with Crippen molar-refractivity contribution in [1.82, 2.24) is 9.38 Å². The molecule has 3 rings (SSSR count). The number of hydrogen-bond donors (Lipinski definition) is 0. The van der Waals surface area contributed by atoms with Gasteiger partial charge in [-0.1, -0.05) is 32.0 Å². The van der Waals surface area contributed by atoms with Gasteiger partial charge < -0.3 is 9.30 Å². The van der Waals surface area contributed by atoms with Gasteiger partial charge in [0.15, 0.2) is 0 Å². The van der Waals surface area contributed by atoms with E-state index in [2.05, 4.69) is 63.9 Å². The summed E-state index contributed by atoms with van der Waals surface area (Å²) >= 11 is 0. The quantitative estimate of drug-likeness (QED) is 0.694. The number of benzene rings is 1. The van der Waals surface area contributed by atoms with E-state index in [9.17, 15) is 0 Å². The molecule has 0 aliphatic rings. The molecule has 1 aromatic carbocycles. The Balaban J connectivity index is 0.000000774. The van der Waals surface area contributed by atoms with E-state index < -0.39 is 0 Å². The van der Waals surface area contributed by atoms with Gasteiger partial charge in [-0.3, -0.25) is 0 Å². The summed E-state index contributed by atoms with van der Waals surface area (Å²) in [6.45, 7) is 6.09. The van der Waals surface area contributed by atoms with Gasteiger partial charge in [-0.2, -0.15) is 0 Å². The second kappa shape index (κ2) is 6.44. The van der Waals surface area contributed by atoms with E-state index in [1.54, 1.807) is 0 Å². The Kier molecular flexibility index (Phi) is 4.63. The fraction of sp³-hybridized carbons (Fsp3) is 0.278. The van der Waals surface area contributed by atoms with Crippen LogP contribution in [0.4, 0.5) is 5.69 Å². The number of imidazole rings is 1. The molecule has 2 aromatic heterocycles. The van der Waals surface area contributed by atoms with Gasteiger partial charge in [0.05, 0.1) is 5.69 Å². The second-order valence-corrected chi connectivity index (χ2v) is 5.04. The Labute approximate surface area is 126 Å². The fourth-order valence-corrected chi connectivity index (χ4v) is 2.17. The molecule has 21 heavy (non-hydrogen) atoms. The predicted molar refractivity (Wildman–Crippen MR) is 91.0 cm³/mol. The molecule has 0 bridgehead atoms. The third kappa shape index (κ3) is 3.24. The van der Waals surface area contributed by atoms with Crippen LogP contribution in [0, 0.1) is 6.92 Å². The number of aryl methyl sites for hydroxylation is 1. The van der Waals surface area contributed by atoms with Crippen LogP contribution in [-0.4, -0.2) is 23.5 Å². The van der Waals surface area contributed by atoms with Crippen LogP contribution in [-0.2, 0) is 0 Å². The Hall–Kier alpha value is -2.29. The molecule has 0 atom stereocenters. The van der Waals surface area contributed by atoms with E-state index in [-0.39, 0.29) is 0 Å². The highest BCUT2D eigenvalue weighted by molar-refractivity contribution is 5.65. The summed E-state index contributed by atoms with van der Waals surface area (Å²) in [5, 5.41) is 0. The van der Waals surface area contributed by atoms with Gasteiger partial charge in [0.25, 0.3) is 0 Å². The van der Waals surface area contributed by atoms with E-state index >= 15 is 0 Å². The minimum absolute atomic E-state index is 0.984. The molecule has 3 nitrogen and oxygen atoms in total. The smallest absolute Gasteiger partial charge is 0.137 e. The van der Waals surface area contributed by atoms with Gasteiger partial charge in [0, 0.05) is 37.7 Å². The number of hydrogen-bond acceptors (Lipinski definition) is 2. The molecular formula is C18H23N3. The molecule has 0 saturated carbocycles. The van der Waals surface area contributed by atoms with Gasteiger partial charge in [-0.25, -0.2) is 4.98 Å². The molecule has 2 heterocycles. The molecule has 110 valence electrons. The lowest BCUT2D eigenvalue weighted by Gasteiger charge is -2.12. The molecule has 0 N–H and O–H groups in total. The summed E-state index contributed by atoms with van der Waals surface area (Å²) in [5.74, 6) is 0. The molecular weight excluding hydrogens is 258 g/mol. The highest BCUT2D eigenvalue weighted by Gasteiger charge is 2.04. The average molecular weight is 281 g/mol. The lowest BCUT2D eigenvalue weighted by molar-refractivity contribution is 1.13. The first-order valence-electron chi connectivity index (χ1n) is 7.36. The zero-order chi connectivity index (χ0) is 15.4. The van der Waals surface area contributed by atoms with Crippen LogP contribution in [0.5, 0.6) is 0 Å². The highest BCUT2D eigenvalue weighted by atomic mass is 15.1. The molecule has 0 aliphatic carbocycles. The number of nitrogens with zero attached hydrogens (tertiary/aromatic N) is 3. The van der Waals surface area contributed by atoms with Crippen LogP contribution < -0.4 is 4.90 Å². The third-order valence-corrected chi connectivity index (χ3v) is 3.28. The first-order valence-corrected chi connectivity index (χ1v) is 7.36. The van der Waals surface area contributed by atoms with Gasteiger partial charge in [-0.15, -0.1) is 0 Å². The number of aromatic nitrogens is 2. The number of rotatable bonds is 2. The molecule has 0 aliphatic heterocycles. The maximum absolute atomic E-state index is 4.65. The lowest BCUT2D eigenvalue weighted by atomic mass is 10.1. The first kappa shape index (κ1) is 15.1. The monoisotopic (exact) mass is 281 g/mol. The van der Waals surface area contributed by atoms with Crippen LogP contribution >= 0.6 is 0 Å². The predicted octanol–water partition coefficient (Wildman–Crippen LogP) is 4.40.